The first-order valence-corrected chi connectivity index (χ1v) is 6.12. The fourth-order valence-corrected chi connectivity index (χ4v) is 1.79. The van der Waals surface area contributed by atoms with Crippen LogP contribution in [-0.2, 0) is 4.79 Å². The molecular formula is C14H16N2O2. The molecule has 18 heavy (non-hydrogen) atoms. The standard InChI is InChI=1S/C14H16N2O2/c1-2-3-8-13(17)15-12-9-10-6-4-5-7-11(10)16-14(12)18/h4-7,9H,2-3,8H2,1H3,(H,15,17)(H,16,18). The van der Waals surface area contributed by atoms with E-state index < -0.39 is 0 Å². The van der Waals surface area contributed by atoms with Gasteiger partial charge in [0, 0.05) is 17.3 Å². The van der Waals surface area contributed by atoms with Crippen molar-refractivity contribution in [2.45, 2.75) is 26.2 Å². The Morgan fingerprint density at radius 1 is 1.33 bits per heavy atom. The van der Waals surface area contributed by atoms with E-state index in [4.69, 9.17) is 0 Å². The first-order valence-electron chi connectivity index (χ1n) is 6.12. The number of hydrogen-bond acceptors (Lipinski definition) is 2. The molecular weight excluding hydrogens is 228 g/mol. The molecule has 0 spiro atoms. The van der Waals surface area contributed by atoms with E-state index in [0.717, 1.165) is 23.7 Å². The summed E-state index contributed by atoms with van der Waals surface area (Å²) in [5.74, 6) is -0.113. The van der Waals surface area contributed by atoms with Gasteiger partial charge in [-0.1, -0.05) is 31.5 Å². The summed E-state index contributed by atoms with van der Waals surface area (Å²) in [6.07, 6.45) is 2.24. The van der Waals surface area contributed by atoms with Crippen LogP contribution in [0.3, 0.4) is 0 Å². The Bertz CT molecular complexity index is 616. The van der Waals surface area contributed by atoms with E-state index in [9.17, 15) is 9.59 Å². The second-order valence-corrected chi connectivity index (χ2v) is 4.25. The topological polar surface area (TPSA) is 62.0 Å². The van der Waals surface area contributed by atoms with Gasteiger partial charge in [-0.3, -0.25) is 9.59 Å². The summed E-state index contributed by atoms with van der Waals surface area (Å²) in [5, 5.41) is 3.56. The number of aromatic nitrogens is 1. The predicted octanol–water partition coefficient (Wildman–Crippen LogP) is 2.66. The van der Waals surface area contributed by atoms with E-state index in [-0.39, 0.29) is 11.5 Å². The third-order valence-corrected chi connectivity index (χ3v) is 2.78. The molecule has 2 N–H and O–H groups in total. The minimum atomic E-state index is -0.265. The van der Waals surface area contributed by atoms with Gasteiger partial charge in [0.25, 0.3) is 5.56 Å². The Morgan fingerprint density at radius 3 is 2.89 bits per heavy atom. The SMILES string of the molecule is CCCCC(=O)Nc1cc2ccccc2[nH]c1=O. The van der Waals surface area contributed by atoms with Crippen LogP contribution < -0.4 is 10.9 Å². The fourth-order valence-electron chi connectivity index (χ4n) is 1.79. The molecule has 0 aliphatic carbocycles. The van der Waals surface area contributed by atoms with Gasteiger partial charge >= 0.3 is 0 Å². The zero-order chi connectivity index (χ0) is 13.0. The smallest absolute Gasteiger partial charge is 0.272 e. The summed E-state index contributed by atoms with van der Waals surface area (Å²) in [6.45, 7) is 2.02. The lowest BCUT2D eigenvalue weighted by atomic mass is 10.2. The van der Waals surface area contributed by atoms with E-state index in [2.05, 4.69) is 10.3 Å². The molecule has 0 saturated carbocycles. The maximum absolute atomic E-state index is 11.8. The van der Waals surface area contributed by atoms with Gasteiger partial charge in [0.2, 0.25) is 5.91 Å². The number of pyridine rings is 1. The van der Waals surface area contributed by atoms with E-state index in [1.165, 1.54) is 0 Å². The van der Waals surface area contributed by atoms with E-state index in [1.54, 1.807) is 6.07 Å². The van der Waals surface area contributed by atoms with E-state index >= 15 is 0 Å². The number of amides is 1. The van der Waals surface area contributed by atoms with Gasteiger partial charge in [0.05, 0.1) is 0 Å². The van der Waals surface area contributed by atoms with Crippen molar-refractivity contribution in [3.63, 3.8) is 0 Å². The third-order valence-electron chi connectivity index (χ3n) is 2.78. The van der Waals surface area contributed by atoms with Crippen molar-refractivity contribution < 1.29 is 4.79 Å². The highest BCUT2D eigenvalue weighted by Crippen LogP contribution is 2.12. The van der Waals surface area contributed by atoms with Gasteiger partial charge in [-0.15, -0.1) is 0 Å². The second-order valence-electron chi connectivity index (χ2n) is 4.25. The van der Waals surface area contributed by atoms with Crippen molar-refractivity contribution in [1.29, 1.82) is 0 Å². The number of para-hydroxylation sites is 1. The molecule has 0 radical (unpaired) electrons. The Labute approximate surface area is 105 Å². The Morgan fingerprint density at radius 2 is 2.11 bits per heavy atom. The molecule has 0 aliphatic heterocycles. The van der Waals surface area contributed by atoms with Crippen LogP contribution in [0.4, 0.5) is 5.69 Å². The van der Waals surface area contributed by atoms with Crippen LogP contribution in [0, 0.1) is 0 Å². The van der Waals surface area contributed by atoms with Crippen molar-refractivity contribution in [2.75, 3.05) is 5.32 Å². The second kappa shape index (κ2) is 5.49. The Balaban J connectivity index is 2.25. The average molecular weight is 244 g/mol. The molecule has 0 fully saturated rings. The first-order chi connectivity index (χ1) is 8.70. The predicted molar refractivity (Wildman–Crippen MR) is 72.7 cm³/mol. The lowest BCUT2D eigenvalue weighted by Crippen LogP contribution is -2.19. The molecule has 4 heteroatoms. The number of aromatic amines is 1. The van der Waals surface area contributed by atoms with Gasteiger partial charge in [-0.25, -0.2) is 0 Å². The van der Waals surface area contributed by atoms with Crippen molar-refractivity contribution in [1.82, 2.24) is 4.98 Å². The molecule has 1 aromatic carbocycles. The van der Waals surface area contributed by atoms with Crippen LogP contribution in [0.1, 0.15) is 26.2 Å². The quantitative estimate of drug-likeness (QED) is 0.868. The highest BCUT2D eigenvalue weighted by atomic mass is 16.2. The minimum Gasteiger partial charge on any atom is -0.321 e. The van der Waals surface area contributed by atoms with E-state index in [1.807, 2.05) is 31.2 Å². The van der Waals surface area contributed by atoms with Crippen LogP contribution in [0.15, 0.2) is 35.1 Å². The number of fused-ring (bicyclic) bond motifs is 1. The number of H-pyrrole nitrogens is 1. The summed E-state index contributed by atoms with van der Waals surface area (Å²) < 4.78 is 0. The lowest BCUT2D eigenvalue weighted by Gasteiger charge is -2.05. The molecule has 0 bridgehead atoms. The van der Waals surface area contributed by atoms with Crippen LogP contribution in [0.2, 0.25) is 0 Å². The van der Waals surface area contributed by atoms with Crippen LogP contribution in [0.25, 0.3) is 10.9 Å². The van der Waals surface area contributed by atoms with Crippen molar-refractivity contribution in [2.24, 2.45) is 0 Å². The molecule has 2 aromatic rings. The fraction of sp³-hybridized carbons (Fsp3) is 0.286. The van der Waals surface area contributed by atoms with Crippen LogP contribution >= 0.6 is 0 Å². The van der Waals surface area contributed by atoms with Gasteiger partial charge in [0.15, 0.2) is 0 Å². The number of anilines is 1. The summed E-state index contributed by atoms with van der Waals surface area (Å²) in [5.41, 5.74) is 0.822. The van der Waals surface area contributed by atoms with Gasteiger partial charge in [-0.05, 0) is 18.6 Å². The number of nitrogens with one attached hydrogen (secondary N) is 2. The van der Waals surface area contributed by atoms with Crippen LogP contribution in [-0.4, -0.2) is 10.9 Å². The number of carbonyl (C=O) groups excluding carboxylic acids is 1. The molecule has 1 aromatic heterocycles. The van der Waals surface area contributed by atoms with E-state index in [0.29, 0.717) is 12.1 Å². The zero-order valence-electron chi connectivity index (χ0n) is 10.3. The summed E-state index contributed by atoms with van der Waals surface area (Å²) in [4.78, 5) is 26.1. The third kappa shape index (κ3) is 2.77. The Kier molecular flexibility index (Phi) is 3.77. The zero-order valence-corrected chi connectivity index (χ0v) is 10.3. The van der Waals surface area contributed by atoms with Crippen molar-refractivity contribution in [3.8, 4) is 0 Å². The monoisotopic (exact) mass is 244 g/mol. The first kappa shape index (κ1) is 12.4. The van der Waals surface area contributed by atoms with Crippen molar-refractivity contribution >= 4 is 22.5 Å². The molecule has 0 aliphatic rings. The summed E-state index contributed by atoms with van der Waals surface area (Å²) >= 11 is 0. The largest absolute Gasteiger partial charge is 0.321 e. The minimum absolute atomic E-state index is 0.113. The number of carbonyl (C=O) groups is 1. The van der Waals surface area contributed by atoms with Crippen molar-refractivity contribution in [3.05, 3.63) is 40.7 Å². The number of unbranched alkanes of at least 4 members (excludes halogenated alkanes) is 1. The lowest BCUT2D eigenvalue weighted by molar-refractivity contribution is -0.116. The molecule has 1 amide bonds. The highest BCUT2D eigenvalue weighted by Gasteiger charge is 2.06. The normalized spacial score (nSPS) is 10.5. The summed E-state index contributed by atoms with van der Waals surface area (Å²) in [6, 6.07) is 9.19. The van der Waals surface area contributed by atoms with Gasteiger partial charge < -0.3 is 10.3 Å². The molecule has 2 rings (SSSR count). The maximum atomic E-state index is 11.8. The number of rotatable bonds is 4. The maximum Gasteiger partial charge on any atom is 0.272 e. The average Bonchev–Trinajstić information content (AvgIpc) is 2.37. The molecule has 0 saturated heterocycles. The summed E-state index contributed by atoms with van der Waals surface area (Å²) in [7, 11) is 0. The van der Waals surface area contributed by atoms with Gasteiger partial charge in [-0.2, -0.15) is 0 Å². The van der Waals surface area contributed by atoms with Gasteiger partial charge in [0.1, 0.15) is 5.69 Å². The molecule has 0 atom stereocenters. The Hall–Kier alpha value is -2.10. The number of benzene rings is 1. The highest BCUT2D eigenvalue weighted by molar-refractivity contribution is 5.92. The molecule has 94 valence electrons. The molecule has 1 heterocycles. The molecule has 4 nitrogen and oxygen atoms in total. The molecule has 0 unspecified atom stereocenters. The number of hydrogen-bond donors (Lipinski definition) is 2. The van der Waals surface area contributed by atoms with Crippen LogP contribution in [0.5, 0.6) is 0 Å².